The van der Waals surface area contributed by atoms with E-state index in [0.717, 1.165) is 16.5 Å². The van der Waals surface area contributed by atoms with Gasteiger partial charge in [-0.3, -0.25) is 9.59 Å². The minimum absolute atomic E-state index is 0.132. The van der Waals surface area contributed by atoms with Crippen molar-refractivity contribution in [1.82, 2.24) is 4.98 Å². The molecule has 0 bridgehead atoms. The van der Waals surface area contributed by atoms with Crippen LogP contribution in [0.3, 0.4) is 0 Å². The number of benzene rings is 1. The number of fused-ring (bicyclic) bond motifs is 1. The summed E-state index contributed by atoms with van der Waals surface area (Å²) in [7, 11) is 0. The van der Waals surface area contributed by atoms with Crippen molar-refractivity contribution in [1.29, 1.82) is 0 Å². The Kier molecular flexibility index (Phi) is 3.77. The molecular weight excluding hydrogens is 230 g/mol. The number of carbonyl (C=O) groups is 2. The van der Waals surface area contributed by atoms with Crippen molar-refractivity contribution in [2.75, 3.05) is 6.61 Å². The third kappa shape index (κ3) is 2.97. The normalized spacial score (nSPS) is 10.5. The standard InChI is InChI=1S/C14H15NO3/c1-10(16)9-18-14(17)7-6-11-8-15-13-5-3-2-4-12(11)13/h2-5,8,15H,6-7,9H2,1H3. The second kappa shape index (κ2) is 5.49. The number of aryl methyl sites for hydroxylation is 1. The van der Waals surface area contributed by atoms with Crippen LogP contribution in [0.15, 0.2) is 30.5 Å². The van der Waals surface area contributed by atoms with Gasteiger partial charge in [-0.15, -0.1) is 0 Å². The van der Waals surface area contributed by atoms with Crippen molar-refractivity contribution >= 4 is 22.7 Å². The summed E-state index contributed by atoms with van der Waals surface area (Å²) in [6, 6.07) is 7.94. The van der Waals surface area contributed by atoms with Crippen molar-refractivity contribution in [3.8, 4) is 0 Å². The van der Waals surface area contributed by atoms with E-state index in [1.54, 1.807) is 0 Å². The van der Waals surface area contributed by atoms with Crippen molar-refractivity contribution in [2.24, 2.45) is 0 Å². The first-order valence-corrected chi connectivity index (χ1v) is 5.87. The van der Waals surface area contributed by atoms with Gasteiger partial charge < -0.3 is 9.72 Å². The highest BCUT2D eigenvalue weighted by atomic mass is 16.5. The molecule has 0 aliphatic carbocycles. The van der Waals surface area contributed by atoms with Crippen LogP contribution in [-0.4, -0.2) is 23.3 Å². The molecule has 18 heavy (non-hydrogen) atoms. The van der Waals surface area contributed by atoms with Crippen molar-refractivity contribution < 1.29 is 14.3 Å². The molecule has 0 atom stereocenters. The highest BCUT2D eigenvalue weighted by Gasteiger charge is 2.08. The molecule has 0 aliphatic heterocycles. The zero-order valence-electron chi connectivity index (χ0n) is 10.2. The van der Waals surface area contributed by atoms with Crippen LogP contribution in [0.25, 0.3) is 10.9 Å². The predicted octanol–water partition coefficient (Wildman–Crippen LogP) is 2.23. The second-order valence-corrected chi connectivity index (χ2v) is 4.22. The van der Waals surface area contributed by atoms with Crippen LogP contribution in [0, 0.1) is 0 Å². The average Bonchev–Trinajstić information content (AvgIpc) is 2.77. The molecule has 1 aromatic carbocycles. The quantitative estimate of drug-likeness (QED) is 0.822. The van der Waals surface area contributed by atoms with E-state index in [2.05, 4.69) is 4.98 Å². The van der Waals surface area contributed by atoms with E-state index < -0.39 is 0 Å². The number of hydrogen-bond acceptors (Lipinski definition) is 3. The van der Waals surface area contributed by atoms with Crippen LogP contribution in [-0.2, 0) is 20.7 Å². The Hall–Kier alpha value is -2.10. The Labute approximate surface area is 105 Å². The molecule has 0 saturated heterocycles. The van der Waals surface area contributed by atoms with E-state index in [1.807, 2.05) is 30.5 Å². The van der Waals surface area contributed by atoms with Crippen LogP contribution < -0.4 is 0 Å². The topological polar surface area (TPSA) is 59.2 Å². The predicted molar refractivity (Wildman–Crippen MR) is 68.3 cm³/mol. The molecule has 94 valence electrons. The maximum absolute atomic E-state index is 11.4. The summed E-state index contributed by atoms with van der Waals surface area (Å²) < 4.78 is 4.82. The first-order valence-electron chi connectivity index (χ1n) is 5.87. The van der Waals surface area contributed by atoms with E-state index in [0.29, 0.717) is 6.42 Å². The Morgan fingerprint density at radius 1 is 1.28 bits per heavy atom. The number of H-pyrrole nitrogens is 1. The molecular formula is C14H15NO3. The molecule has 0 spiro atoms. The van der Waals surface area contributed by atoms with E-state index >= 15 is 0 Å². The third-order valence-electron chi connectivity index (χ3n) is 2.71. The molecule has 2 aromatic rings. The van der Waals surface area contributed by atoms with Gasteiger partial charge in [0.15, 0.2) is 5.78 Å². The minimum Gasteiger partial charge on any atom is -0.458 e. The molecule has 0 fully saturated rings. The first-order chi connectivity index (χ1) is 8.66. The van der Waals surface area contributed by atoms with E-state index in [-0.39, 0.29) is 24.8 Å². The zero-order chi connectivity index (χ0) is 13.0. The SMILES string of the molecule is CC(=O)COC(=O)CCc1c[nH]c2ccccc12. The summed E-state index contributed by atoms with van der Waals surface area (Å²) >= 11 is 0. The van der Waals surface area contributed by atoms with Crippen LogP contribution >= 0.6 is 0 Å². The fourth-order valence-corrected chi connectivity index (χ4v) is 1.83. The maximum Gasteiger partial charge on any atom is 0.306 e. The number of aromatic amines is 1. The summed E-state index contributed by atoms with van der Waals surface area (Å²) in [5.41, 5.74) is 2.15. The molecule has 0 saturated carbocycles. The smallest absolute Gasteiger partial charge is 0.306 e. The monoisotopic (exact) mass is 245 g/mol. The Balaban J connectivity index is 1.94. The van der Waals surface area contributed by atoms with Gasteiger partial charge in [-0.25, -0.2) is 0 Å². The van der Waals surface area contributed by atoms with Gasteiger partial charge in [0.2, 0.25) is 0 Å². The molecule has 4 heteroatoms. The molecule has 1 heterocycles. The number of Topliss-reactive ketones (excluding diaryl/α,β-unsaturated/α-hetero) is 1. The van der Waals surface area contributed by atoms with Crippen molar-refractivity contribution in [2.45, 2.75) is 19.8 Å². The van der Waals surface area contributed by atoms with Crippen LogP contribution in [0.4, 0.5) is 0 Å². The number of nitrogens with one attached hydrogen (secondary N) is 1. The number of esters is 1. The van der Waals surface area contributed by atoms with Gasteiger partial charge in [-0.2, -0.15) is 0 Å². The summed E-state index contributed by atoms with van der Waals surface area (Å²) in [6.07, 6.45) is 2.80. The lowest BCUT2D eigenvalue weighted by Gasteiger charge is -2.01. The number of carbonyl (C=O) groups excluding carboxylic acids is 2. The fraction of sp³-hybridized carbons (Fsp3) is 0.286. The lowest BCUT2D eigenvalue weighted by molar-refractivity contribution is -0.147. The number of ether oxygens (including phenoxy) is 1. The lowest BCUT2D eigenvalue weighted by Crippen LogP contribution is -2.11. The van der Waals surface area contributed by atoms with Gasteiger partial charge in [-0.05, 0) is 25.0 Å². The number of hydrogen-bond donors (Lipinski definition) is 1. The van der Waals surface area contributed by atoms with Gasteiger partial charge in [0.1, 0.15) is 6.61 Å². The Morgan fingerprint density at radius 3 is 2.83 bits per heavy atom. The van der Waals surface area contributed by atoms with E-state index in [9.17, 15) is 9.59 Å². The van der Waals surface area contributed by atoms with Gasteiger partial charge >= 0.3 is 5.97 Å². The van der Waals surface area contributed by atoms with Gasteiger partial charge in [-0.1, -0.05) is 18.2 Å². The highest BCUT2D eigenvalue weighted by Crippen LogP contribution is 2.18. The number of aromatic nitrogens is 1. The summed E-state index contributed by atoms with van der Waals surface area (Å²) in [6.45, 7) is 1.26. The Bertz CT molecular complexity index is 571. The molecule has 1 N–H and O–H groups in total. The lowest BCUT2D eigenvalue weighted by atomic mass is 10.1. The summed E-state index contributed by atoms with van der Waals surface area (Å²) in [5.74, 6) is -0.481. The first kappa shape index (κ1) is 12.4. The average molecular weight is 245 g/mol. The molecule has 0 aliphatic rings. The molecule has 2 rings (SSSR count). The van der Waals surface area contributed by atoms with Crippen LogP contribution in [0.1, 0.15) is 18.9 Å². The third-order valence-corrected chi connectivity index (χ3v) is 2.71. The molecule has 0 unspecified atom stereocenters. The highest BCUT2D eigenvalue weighted by molar-refractivity contribution is 5.84. The summed E-state index contributed by atoms with van der Waals surface area (Å²) in [4.78, 5) is 25.2. The molecule has 0 amide bonds. The molecule has 4 nitrogen and oxygen atoms in total. The van der Waals surface area contributed by atoms with E-state index in [1.165, 1.54) is 6.92 Å². The van der Waals surface area contributed by atoms with Crippen molar-refractivity contribution in [3.05, 3.63) is 36.0 Å². The Morgan fingerprint density at radius 2 is 2.06 bits per heavy atom. The number of rotatable bonds is 5. The summed E-state index contributed by atoms with van der Waals surface area (Å²) in [5, 5.41) is 1.12. The van der Waals surface area contributed by atoms with Crippen LogP contribution in [0.5, 0.6) is 0 Å². The number of para-hydroxylation sites is 1. The second-order valence-electron chi connectivity index (χ2n) is 4.22. The number of ketones is 1. The molecule has 0 radical (unpaired) electrons. The van der Waals surface area contributed by atoms with Crippen molar-refractivity contribution in [3.63, 3.8) is 0 Å². The maximum atomic E-state index is 11.4. The van der Waals surface area contributed by atoms with Gasteiger partial charge in [0.25, 0.3) is 0 Å². The van der Waals surface area contributed by atoms with Crippen LogP contribution in [0.2, 0.25) is 0 Å². The fourth-order valence-electron chi connectivity index (χ4n) is 1.83. The van der Waals surface area contributed by atoms with Gasteiger partial charge in [0.05, 0.1) is 0 Å². The molecule has 1 aromatic heterocycles. The largest absolute Gasteiger partial charge is 0.458 e. The van der Waals surface area contributed by atoms with E-state index in [4.69, 9.17) is 4.74 Å². The zero-order valence-corrected chi connectivity index (χ0v) is 10.2. The van der Waals surface area contributed by atoms with Gasteiger partial charge in [0, 0.05) is 23.5 Å². The minimum atomic E-state index is -0.338.